The molecule has 2 nitrogen and oxygen atoms in total. The largest absolute Gasteiger partial charge is 0.306 e. The average molecular weight is 216 g/mol. The first-order valence-corrected chi connectivity index (χ1v) is 6.13. The molecule has 1 heterocycles. The van der Waals surface area contributed by atoms with Gasteiger partial charge in [0.15, 0.2) is 0 Å². The SMILES string of the molecule is CC(C)CCN(S)C1CCN(C)CC1. The third-order valence-electron chi connectivity index (χ3n) is 3.05. The van der Waals surface area contributed by atoms with Crippen LogP contribution >= 0.6 is 12.8 Å². The Bertz CT molecular complexity index is 153. The number of piperidine rings is 1. The summed E-state index contributed by atoms with van der Waals surface area (Å²) >= 11 is 4.59. The molecule has 0 amide bonds. The summed E-state index contributed by atoms with van der Waals surface area (Å²) in [4.78, 5) is 2.40. The minimum absolute atomic E-state index is 0.702. The fourth-order valence-corrected chi connectivity index (χ4v) is 2.21. The fourth-order valence-electron chi connectivity index (χ4n) is 1.87. The lowest BCUT2D eigenvalue weighted by atomic mass is 10.0. The maximum atomic E-state index is 4.59. The molecular formula is C11H24N2S. The lowest BCUT2D eigenvalue weighted by molar-refractivity contribution is 0.189. The third-order valence-corrected chi connectivity index (χ3v) is 3.57. The molecule has 0 unspecified atom stereocenters. The third kappa shape index (κ3) is 4.20. The van der Waals surface area contributed by atoms with Gasteiger partial charge in [0.05, 0.1) is 0 Å². The van der Waals surface area contributed by atoms with Crippen LogP contribution in [0.1, 0.15) is 33.1 Å². The highest BCUT2D eigenvalue weighted by Crippen LogP contribution is 2.18. The zero-order valence-electron chi connectivity index (χ0n) is 9.74. The fraction of sp³-hybridized carbons (Fsp3) is 1.00. The van der Waals surface area contributed by atoms with Crippen LogP contribution in [0.3, 0.4) is 0 Å². The van der Waals surface area contributed by atoms with E-state index >= 15 is 0 Å². The van der Waals surface area contributed by atoms with Crippen molar-refractivity contribution in [1.29, 1.82) is 0 Å². The first kappa shape index (κ1) is 12.3. The molecule has 0 aromatic carbocycles. The molecule has 1 fully saturated rings. The number of thiol groups is 1. The standard InChI is InChI=1S/C11H24N2S/c1-10(2)4-9-13(14)11-5-7-12(3)8-6-11/h10-11,14H,4-9H2,1-3H3. The van der Waals surface area contributed by atoms with Gasteiger partial charge in [-0.05, 0) is 45.3 Å². The predicted octanol–water partition coefficient (Wildman–Crippen LogP) is 2.27. The first-order valence-electron chi connectivity index (χ1n) is 5.73. The summed E-state index contributed by atoms with van der Waals surface area (Å²) in [5.41, 5.74) is 0. The molecule has 0 N–H and O–H groups in total. The van der Waals surface area contributed by atoms with Gasteiger partial charge in [0, 0.05) is 12.6 Å². The number of rotatable bonds is 4. The van der Waals surface area contributed by atoms with Crippen molar-refractivity contribution < 1.29 is 0 Å². The second-order valence-electron chi connectivity index (χ2n) is 4.88. The van der Waals surface area contributed by atoms with Gasteiger partial charge >= 0.3 is 0 Å². The molecule has 0 bridgehead atoms. The Labute approximate surface area is 94.2 Å². The maximum Gasteiger partial charge on any atom is 0.0224 e. The summed E-state index contributed by atoms with van der Waals surface area (Å²) in [6.45, 7) is 8.13. The second-order valence-corrected chi connectivity index (χ2v) is 5.39. The molecule has 0 spiro atoms. The van der Waals surface area contributed by atoms with Crippen molar-refractivity contribution in [3.05, 3.63) is 0 Å². The second kappa shape index (κ2) is 5.99. The Hall–Kier alpha value is 0.270. The number of hydrogen-bond acceptors (Lipinski definition) is 3. The first-order chi connectivity index (χ1) is 6.59. The van der Waals surface area contributed by atoms with Crippen LogP contribution in [-0.4, -0.2) is 41.9 Å². The van der Waals surface area contributed by atoms with Gasteiger partial charge in [-0.1, -0.05) is 26.7 Å². The van der Waals surface area contributed by atoms with Gasteiger partial charge in [0.2, 0.25) is 0 Å². The summed E-state index contributed by atoms with van der Waals surface area (Å²) in [5.74, 6) is 0.788. The summed E-state index contributed by atoms with van der Waals surface area (Å²) in [5, 5.41) is 0. The highest BCUT2D eigenvalue weighted by Gasteiger charge is 2.20. The topological polar surface area (TPSA) is 6.48 Å². The van der Waals surface area contributed by atoms with E-state index in [4.69, 9.17) is 0 Å². The molecule has 0 aromatic rings. The van der Waals surface area contributed by atoms with Crippen molar-refractivity contribution in [2.24, 2.45) is 5.92 Å². The molecule has 84 valence electrons. The van der Waals surface area contributed by atoms with Crippen LogP contribution < -0.4 is 0 Å². The molecule has 14 heavy (non-hydrogen) atoms. The predicted molar refractivity (Wildman–Crippen MR) is 65.7 cm³/mol. The molecule has 3 heteroatoms. The van der Waals surface area contributed by atoms with E-state index in [1.54, 1.807) is 0 Å². The van der Waals surface area contributed by atoms with E-state index in [0.717, 1.165) is 12.5 Å². The van der Waals surface area contributed by atoms with Crippen molar-refractivity contribution >= 4 is 12.8 Å². The van der Waals surface area contributed by atoms with Crippen molar-refractivity contribution in [3.63, 3.8) is 0 Å². The number of hydrogen-bond donors (Lipinski definition) is 1. The van der Waals surface area contributed by atoms with Gasteiger partial charge in [-0.25, -0.2) is 0 Å². The Morgan fingerprint density at radius 3 is 2.43 bits per heavy atom. The molecule has 0 aliphatic carbocycles. The van der Waals surface area contributed by atoms with Gasteiger partial charge in [0.1, 0.15) is 0 Å². The zero-order valence-corrected chi connectivity index (χ0v) is 10.6. The Balaban J connectivity index is 2.20. The zero-order chi connectivity index (χ0) is 10.6. The Morgan fingerprint density at radius 2 is 1.93 bits per heavy atom. The van der Waals surface area contributed by atoms with E-state index in [-0.39, 0.29) is 0 Å². The monoisotopic (exact) mass is 216 g/mol. The van der Waals surface area contributed by atoms with E-state index in [0.29, 0.717) is 6.04 Å². The van der Waals surface area contributed by atoms with E-state index < -0.39 is 0 Å². The summed E-state index contributed by atoms with van der Waals surface area (Å²) in [7, 11) is 2.20. The molecule has 0 aromatic heterocycles. The highest BCUT2D eigenvalue weighted by atomic mass is 32.1. The van der Waals surface area contributed by atoms with Gasteiger partial charge in [0.25, 0.3) is 0 Å². The highest BCUT2D eigenvalue weighted by molar-refractivity contribution is 7.77. The van der Waals surface area contributed by atoms with Crippen LogP contribution in [0.15, 0.2) is 0 Å². The quantitative estimate of drug-likeness (QED) is 0.720. The molecule has 1 rings (SSSR count). The van der Waals surface area contributed by atoms with Gasteiger partial charge in [-0.2, -0.15) is 0 Å². The number of nitrogens with zero attached hydrogens (tertiary/aromatic N) is 2. The average Bonchev–Trinajstić information content (AvgIpc) is 2.15. The molecule has 1 saturated heterocycles. The lowest BCUT2D eigenvalue weighted by Gasteiger charge is -2.34. The Morgan fingerprint density at radius 1 is 1.36 bits per heavy atom. The summed E-state index contributed by atoms with van der Waals surface area (Å²) in [6, 6.07) is 0.702. The van der Waals surface area contributed by atoms with E-state index in [9.17, 15) is 0 Å². The molecule has 0 atom stereocenters. The molecule has 0 radical (unpaired) electrons. The number of likely N-dealkylation sites (tertiary alicyclic amines) is 1. The molecule has 1 aliphatic heterocycles. The normalized spacial score (nSPS) is 21.0. The van der Waals surface area contributed by atoms with Crippen molar-refractivity contribution in [3.8, 4) is 0 Å². The maximum absolute atomic E-state index is 4.59. The van der Waals surface area contributed by atoms with Crippen LogP contribution in [0.5, 0.6) is 0 Å². The van der Waals surface area contributed by atoms with E-state index in [1.165, 1.54) is 32.4 Å². The summed E-state index contributed by atoms with van der Waals surface area (Å²) < 4.78 is 2.26. The van der Waals surface area contributed by atoms with Crippen LogP contribution in [0.25, 0.3) is 0 Å². The van der Waals surface area contributed by atoms with E-state index in [1.807, 2.05) is 0 Å². The van der Waals surface area contributed by atoms with Crippen LogP contribution in [-0.2, 0) is 0 Å². The summed E-state index contributed by atoms with van der Waals surface area (Å²) in [6.07, 6.45) is 3.81. The van der Waals surface area contributed by atoms with Gasteiger partial charge in [-0.15, -0.1) is 0 Å². The van der Waals surface area contributed by atoms with E-state index in [2.05, 4.69) is 42.9 Å². The van der Waals surface area contributed by atoms with Crippen molar-refractivity contribution in [1.82, 2.24) is 9.21 Å². The smallest absolute Gasteiger partial charge is 0.0224 e. The molecular weight excluding hydrogens is 192 g/mol. The minimum Gasteiger partial charge on any atom is -0.306 e. The van der Waals surface area contributed by atoms with Crippen LogP contribution in [0.4, 0.5) is 0 Å². The van der Waals surface area contributed by atoms with Gasteiger partial charge < -0.3 is 4.90 Å². The van der Waals surface area contributed by atoms with Crippen LogP contribution in [0, 0.1) is 5.92 Å². The Kier molecular flexibility index (Phi) is 5.28. The molecule has 0 saturated carbocycles. The van der Waals surface area contributed by atoms with Crippen LogP contribution in [0.2, 0.25) is 0 Å². The minimum atomic E-state index is 0.702. The molecule has 1 aliphatic rings. The van der Waals surface area contributed by atoms with Crippen molar-refractivity contribution in [2.75, 3.05) is 26.7 Å². The van der Waals surface area contributed by atoms with Gasteiger partial charge in [-0.3, -0.25) is 4.31 Å². The lowest BCUT2D eigenvalue weighted by Crippen LogP contribution is -2.40. The van der Waals surface area contributed by atoms with Crippen molar-refractivity contribution in [2.45, 2.75) is 39.2 Å².